The van der Waals surface area contributed by atoms with Crippen molar-refractivity contribution < 1.29 is 19.1 Å². The van der Waals surface area contributed by atoms with Crippen molar-refractivity contribution >= 4 is 17.9 Å². The minimum atomic E-state index is -0.757. The number of anilines is 1. The van der Waals surface area contributed by atoms with Crippen LogP contribution in [0.5, 0.6) is 11.5 Å². The molecule has 1 atom stereocenters. The maximum Gasteiger partial charge on any atom is 0.265 e. The van der Waals surface area contributed by atoms with Gasteiger partial charge in [-0.05, 0) is 57.0 Å². The molecule has 0 heterocycles. The van der Waals surface area contributed by atoms with Crippen molar-refractivity contribution in [2.24, 2.45) is 0 Å². The quantitative estimate of drug-likeness (QED) is 0.811. The van der Waals surface area contributed by atoms with E-state index in [1.54, 1.807) is 25.1 Å². The number of nitrogens with one attached hydrogen (secondary N) is 1. The van der Waals surface area contributed by atoms with E-state index in [-0.39, 0.29) is 5.91 Å². The fourth-order valence-corrected chi connectivity index (χ4v) is 2.70. The Balaban J connectivity index is 2.15. The van der Waals surface area contributed by atoms with Crippen LogP contribution in [-0.2, 0) is 4.79 Å². The molecule has 0 aromatic heterocycles. The topological polar surface area (TPSA) is 64.6 Å². The summed E-state index contributed by atoms with van der Waals surface area (Å²) in [6.45, 7) is 7.57. The summed E-state index contributed by atoms with van der Waals surface area (Å²) in [5, 5.41) is 2.91. The molecule has 0 aliphatic heterocycles. The van der Waals surface area contributed by atoms with Gasteiger partial charge < -0.3 is 14.8 Å². The molecule has 0 unspecified atom stereocenters. The summed E-state index contributed by atoms with van der Waals surface area (Å²) in [5.74, 6) is 0.621. The molecule has 0 spiro atoms. The normalized spacial score (nSPS) is 11.6. The van der Waals surface area contributed by atoms with E-state index >= 15 is 0 Å². The summed E-state index contributed by atoms with van der Waals surface area (Å²) in [5.41, 5.74) is 4.26. The van der Waals surface area contributed by atoms with Crippen molar-refractivity contribution in [1.82, 2.24) is 0 Å². The summed E-state index contributed by atoms with van der Waals surface area (Å²) in [6.07, 6.45) is -0.0799. The Labute approximate surface area is 148 Å². The molecule has 5 heteroatoms. The van der Waals surface area contributed by atoms with E-state index in [4.69, 9.17) is 9.47 Å². The Bertz CT molecular complexity index is 775. The number of hydrogen-bond acceptors (Lipinski definition) is 4. The highest BCUT2D eigenvalue weighted by molar-refractivity contribution is 5.95. The van der Waals surface area contributed by atoms with E-state index in [2.05, 4.69) is 5.32 Å². The zero-order valence-corrected chi connectivity index (χ0v) is 15.2. The summed E-state index contributed by atoms with van der Waals surface area (Å²) >= 11 is 0. The van der Waals surface area contributed by atoms with E-state index in [0.29, 0.717) is 23.3 Å². The predicted molar refractivity (Wildman–Crippen MR) is 97.8 cm³/mol. The third-order valence-electron chi connectivity index (χ3n) is 3.94. The number of methoxy groups -OCH3 is 1. The zero-order chi connectivity index (χ0) is 18.6. The van der Waals surface area contributed by atoms with Gasteiger partial charge in [-0.2, -0.15) is 0 Å². The first-order valence-corrected chi connectivity index (χ1v) is 8.04. The number of amides is 1. The second-order valence-corrected chi connectivity index (χ2v) is 6.04. The molecule has 1 amide bonds. The third kappa shape index (κ3) is 4.38. The van der Waals surface area contributed by atoms with Crippen LogP contribution in [0, 0.1) is 20.8 Å². The number of hydrogen-bond donors (Lipinski definition) is 1. The van der Waals surface area contributed by atoms with Crippen molar-refractivity contribution in [2.75, 3.05) is 12.4 Å². The fraction of sp³-hybridized carbons (Fsp3) is 0.300. The van der Waals surface area contributed by atoms with Gasteiger partial charge in [-0.1, -0.05) is 17.7 Å². The highest BCUT2D eigenvalue weighted by atomic mass is 16.5. The number of carbonyl (C=O) groups excluding carboxylic acids is 2. The summed E-state index contributed by atoms with van der Waals surface area (Å²) < 4.78 is 10.8. The lowest BCUT2D eigenvalue weighted by atomic mass is 10.0. The number of aldehydes is 1. The van der Waals surface area contributed by atoms with E-state index in [1.165, 1.54) is 7.11 Å². The van der Waals surface area contributed by atoms with Gasteiger partial charge in [-0.3, -0.25) is 9.59 Å². The number of rotatable bonds is 6. The van der Waals surface area contributed by atoms with Gasteiger partial charge >= 0.3 is 0 Å². The molecule has 0 fully saturated rings. The van der Waals surface area contributed by atoms with E-state index in [0.717, 1.165) is 22.4 Å². The van der Waals surface area contributed by atoms with Crippen molar-refractivity contribution in [3.63, 3.8) is 0 Å². The summed E-state index contributed by atoms with van der Waals surface area (Å²) in [4.78, 5) is 23.7. The Hall–Kier alpha value is -2.82. The van der Waals surface area contributed by atoms with Gasteiger partial charge in [0.1, 0.15) is 11.5 Å². The minimum absolute atomic E-state index is 0.275. The summed E-state index contributed by atoms with van der Waals surface area (Å²) in [7, 11) is 1.52. The number of aryl methyl sites for hydroxylation is 3. The van der Waals surface area contributed by atoms with Gasteiger partial charge in [0.05, 0.1) is 12.7 Å². The van der Waals surface area contributed by atoms with Crippen molar-refractivity contribution in [2.45, 2.75) is 33.8 Å². The molecular formula is C20H23NO4. The van der Waals surface area contributed by atoms with Crippen LogP contribution in [0.4, 0.5) is 5.69 Å². The zero-order valence-electron chi connectivity index (χ0n) is 15.2. The molecule has 25 heavy (non-hydrogen) atoms. The van der Waals surface area contributed by atoms with Crippen LogP contribution < -0.4 is 14.8 Å². The van der Waals surface area contributed by atoms with Gasteiger partial charge in [0.25, 0.3) is 5.91 Å². The third-order valence-corrected chi connectivity index (χ3v) is 3.94. The smallest absolute Gasteiger partial charge is 0.265 e. The second kappa shape index (κ2) is 7.83. The van der Waals surface area contributed by atoms with E-state index in [9.17, 15) is 9.59 Å². The minimum Gasteiger partial charge on any atom is -0.497 e. The SMILES string of the molecule is COc1ccc(O[C@@H](C)C(=O)Nc2c(C)cc(C)cc2C)c(C=O)c1. The Morgan fingerprint density at radius 2 is 1.76 bits per heavy atom. The molecule has 0 saturated heterocycles. The van der Waals surface area contributed by atoms with Crippen LogP contribution >= 0.6 is 0 Å². The lowest BCUT2D eigenvalue weighted by Gasteiger charge is -2.18. The number of carbonyl (C=O) groups is 2. The van der Waals surface area contributed by atoms with Crippen LogP contribution in [0.3, 0.4) is 0 Å². The van der Waals surface area contributed by atoms with Gasteiger partial charge in [0.15, 0.2) is 12.4 Å². The molecule has 132 valence electrons. The first-order chi connectivity index (χ1) is 11.8. The number of benzene rings is 2. The molecule has 2 aromatic carbocycles. The standard InChI is InChI=1S/C20H23NO4/c1-12-8-13(2)19(14(3)9-12)21-20(23)15(4)25-18-7-6-17(24-5)10-16(18)11-22/h6-11,15H,1-5H3,(H,21,23)/t15-/m0/s1. The van der Waals surface area contributed by atoms with Gasteiger partial charge in [0.2, 0.25) is 0 Å². The molecule has 5 nitrogen and oxygen atoms in total. The molecule has 1 N–H and O–H groups in total. The highest BCUT2D eigenvalue weighted by Gasteiger charge is 2.18. The van der Waals surface area contributed by atoms with Crippen LogP contribution in [0.1, 0.15) is 34.0 Å². The predicted octanol–water partition coefficient (Wildman–Crippen LogP) is 3.84. The van der Waals surface area contributed by atoms with E-state index in [1.807, 2.05) is 32.9 Å². The maximum absolute atomic E-state index is 12.5. The van der Waals surface area contributed by atoms with Crippen molar-refractivity contribution in [1.29, 1.82) is 0 Å². The highest BCUT2D eigenvalue weighted by Crippen LogP contribution is 2.25. The average Bonchev–Trinajstić information content (AvgIpc) is 2.58. The van der Waals surface area contributed by atoms with Crippen LogP contribution in [0.2, 0.25) is 0 Å². The first-order valence-electron chi connectivity index (χ1n) is 8.04. The van der Waals surface area contributed by atoms with Crippen LogP contribution in [0.25, 0.3) is 0 Å². The average molecular weight is 341 g/mol. The Morgan fingerprint density at radius 1 is 1.12 bits per heavy atom. The van der Waals surface area contributed by atoms with Gasteiger partial charge in [-0.15, -0.1) is 0 Å². The lowest BCUT2D eigenvalue weighted by molar-refractivity contribution is -0.122. The van der Waals surface area contributed by atoms with Crippen molar-refractivity contribution in [3.8, 4) is 11.5 Å². The molecule has 0 bridgehead atoms. The molecule has 2 rings (SSSR count). The van der Waals surface area contributed by atoms with Crippen molar-refractivity contribution in [3.05, 3.63) is 52.6 Å². The van der Waals surface area contributed by atoms with Crippen LogP contribution in [-0.4, -0.2) is 25.4 Å². The molecule has 2 aromatic rings. The largest absolute Gasteiger partial charge is 0.497 e. The molecular weight excluding hydrogens is 318 g/mol. The first kappa shape index (κ1) is 18.5. The fourth-order valence-electron chi connectivity index (χ4n) is 2.70. The monoisotopic (exact) mass is 341 g/mol. The van der Waals surface area contributed by atoms with Gasteiger partial charge in [0, 0.05) is 5.69 Å². The van der Waals surface area contributed by atoms with Gasteiger partial charge in [-0.25, -0.2) is 0 Å². The second-order valence-electron chi connectivity index (χ2n) is 6.04. The Kier molecular flexibility index (Phi) is 5.80. The molecule has 0 aliphatic carbocycles. The summed E-state index contributed by atoms with van der Waals surface area (Å²) in [6, 6.07) is 8.90. The molecule has 0 radical (unpaired) electrons. The lowest BCUT2D eigenvalue weighted by Crippen LogP contribution is -2.31. The van der Waals surface area contributed by atoms with E-state index < -0.39 is 6.10 Å². The molecule has 0 saturated carbocycles. The maximum atomic E-state index is 12.5. The molecule has 0 aliphatic rings. The van der Waals surface area contributed by atoms with Crippen LogP contribution in [0.15, 0.2) is 30.3 Å². The Morgan fingerprint density at radius 3 is 2.32 bits per heavy atom. The number of ether oxygens (including phenoxy) is 2.